The molecule has 1 amide bonds. The molecule has 1 saturated heterocycles. The molecule has 0 radical (unpaired) electrons. The third kappa shape index (κ3) is 5.82. The highest BCUT2D eigenvalue weighted by Gasteiger charge is 2.20. The van der Waals surface area contributed by atoms with Gasteiger partial charge in [-0.2, -0.15) is 0 Å². The fourth-order valence-corrected chi connectivity index (χ4v) is 3.31. The van der Waals surface area contributed by atoms with Crippen LogP contribution in [0, 0.1) is 11.7 Å². The molecule has 1 unspecified atom stereocenters. The SMILES string of the molecule is Cl.O=C(CCC1CCNC1)N(Cc1ccccc1)Cc1ccccc1F. The van der Waals surface area contributed by atoms with Crippen LogP contribution in [-0.4, -0.2) is 23.9 Å². The Morgan fingerprint density at radius 3 is 2.50 bits per heavy atom. The second-order valence-corrected chi connectivity index (χ2v) is 6.72. The highest BCUT2D eigenvalue weighted by molar-refractivity contribution is 5.85. The number of rotatable bonds is 7. The summed E-state index contributed by atoms with van der Waals surface area (Å²) in [5.41, 5.74) is 1.63. The fourth-order valence-electron chi connectivity index (χ4n) is 3.31. The predicted molar refractivity (Wildman–Crippen MR) is 105 cm³/mol. The third-order valence-electron chi connectivity index (χ3n) is 4.82. The first-order chi connectivity index (χ1) is 12.2. The molecule has 0 bridgehead atoms. The Bertz CT molecular complexity index is 689. The van der Waals surface area contributed by atoms with Crippen molar-refractivity contribution in [2.75, 3.05) is 13.1 Å². The van der Waals surface area contributed by atoms with Crippen LogP contribution in [-0.2, 0) is 17.9 Å². The Hall–Kier alpha value is -1.91. The summed E-state index contributed by atoms with van der Waals surface area (Å²) in [5.74, 6) is 0.420. The van der Waals surface area contributed by atoms with E-state index in [0.717, 1.165) is 31.5 Å². The summed E-state index contributed by atoms with van der Waals surface area (Å²) in [7, 11) is 0. The van der Waals surface area contributed by atoms with E-state index in [1.165, 1.54) is 6.07 Å². The molecule has 2 aromatic carbocycles. The zero-order valence-corrected chi connectivity index (χ0v) is 15.7. The van der Waals surface area contributed by atoms with Crippen LogP contribution in [0.1, 0.15) is 30.4 Å². The summed E-state index contributed by atoms with van der Waals surface area (Å²) in [6.45, 7) is 2.86. The average molecular weight is 377 g/mol. The second kappa shape index (κ2) is 10.3. The molecule has 26 heavy (non-hydrogen) atoms. The van der Waals surface area contributed by atoms with Gasteiger partial charge in [-0.15, -0.1) is 12.4 Å². The van der Waals surface area contributed by atoms with Gasteiger partial charge >= 0.3 is 0 Å². The quantitative estimate of drug-likeness (QED) is 0.786. The molecule has 1 aliphatic rings. The molecule has 0 saturated carbocycles. The summed E-state index contributed by atoms with van der Waals surface area (Å²) >= 11 is 0. The normalized spacial score (nSPS) is 16.1. The first-order valence-electron chi connectivity index (χ1n) is 8.98. The van der Waals surface area contributed by atoms with Gasteiger partial charge in [0.05, 0.1) is 0 Å². The molecule has 2 aromatic rings. The number of benzene rings is 2. The van der Waals surface area contributed by atoms with E-state index < -0.39 is 0 Å². The van der Waals surface area contributed by atoms with Crippen molar-refractivity contribution in [1.29, 1.82) is 0 Å². The first-order valence-corrected chi connectivity index (χ1v) is 8.98. The molecule has 1 N–H and O–H groups in total. The summed E-state index contributed by atoms with van der Waals surface area (Å²) in [6, 6.07) is 16.6. The number of nitrogens with one attached hydrogen (secondary N) is 1. The molecule has 3 rings (SSSR count). The van der Waals surface area contributed by atoms with Gasteiger partial charge in [-0.05, 0) is 43.5 Å². The van der Waals surface area contributed by atoms with Crippen molar-refractivity contribution in [2.45, 2.75) is 32.4 Å². The highest BCUT2D eigenvalue weighted by atomic mass is 35.5. The van der Waals surface area contributed by atoms with Gasteiger partial charge in [0.1, 0.15) is 5.82 Å². The van der Waals surface area contributed by atoms with E-state index in [1.54, 1.807) is 17.0 Å². The van der Waals surface area contributed by atoms with Crippen molar-refractivity contribution < 1.29 is 9.18 Å². The van der Waals surface area contributed by atoms with Crippen LogP contribution >= 0.6 is 12.4 Å². The van der Waals surface area contributed by atoms with Crippen molar-refractivity contribution in [3.63, 3.8) is 0 Å². The average Bonchev–Trinajstić information content (AvgIpc) is 3.15. The summed E-state index contributed by atoms with van der Waals surface area (Å²) in [4.78, 5) is 14.6. The molecule has 1 heterocycles. The number of halogens is 2. The van der Waals surface area contributed by atoms with Gasteiger partial charge < -0.3 is 10.2 Å². The van der Waals surface area contributed by atoms with Crippen LogP contribution in [0.4, 0.5) is 4.39 Å². The van der Waals surface area contributed by atoms with Crippen molar-refractivity contribution in [1.82, 2.24) is 10.2 Å². The van der Waals surface area contributed by atoms with E-state index in [2.05, 4.69) is 5.32 Å². The number of carbonyl (C=O) groups is 1. The molecule has 1 atom stereocenters. The lowest BCUT2D eigenvalue weighted by Gasteiger charge is -2.24. The van der Waals surface area contributed by atoms with Crippen molar-refractivity contribution in [3.8, 4) is 0 Å². The largest absolute Gasteiger partial charge is 0.334 e. The van der Waals surface area contributed by atoms with Crippen LogP contribution in [0.5, 0.6) is 0 Å². The van der Waals surface area contributed by atoms with Gasteiger partial charge in [0.15, 0.2) is 0 Å². The Balaban J connectivity index is 0.00000243. The van der Waals surface area contributed by atoms with E-state index in [9.17, 15) is 9.18 Å². The van der Waals surface area contributed by atoms with Crippen molar-refractivity contribution >= 4 is 18.3 Å². The second-order valence-electron chi connectivity index (χ2n) is 6.72. The molecule has 0 aliphatic carbocycles. The van der Waals surface area contributed by atoms with E-state index in [-0.39, 0.29) is 24.1 Å². The maximum atomic E-state index is 14.0. The number of carbonyl (C=O) groups excluding carboxylic acids is 1. The van der Waals surface area contributed by atoms with Crippen LogP contribution in [0.3, 0.4) is 0 Å². The molecule has 140 valence electrons. The Labute approximate surface area is 161 Å². The standard InChI is InChI=1S/C21H25FN2O.ClH/c22-20-9-5-4-8-19(20)16-24(15-18-6-2-1-3-7-18)21(25)11-10-17-12-13-23-14-17;/h1-9,17,23H,10-16H2;1H. The van der Waals surface area contributed by atoms with E-state index in [0.29, 0.717) is 31.0 Å². The van der Waals surface area contributed by atoms with Crippen LogP contribution in [0.2, 0.25) is 0 Å². The minimum Gasteiger partial charge on any atom is -0.334 e. The van der Waals surface area contributed by atoms with Gasteiger partial charge in [0.2, 0.25) is 5.91 Å². The number of hydrogen-bond donors (Lipinski definition) is 1. The summed E-state index contributed by atoms with van der Waals surface area (Å²) in [5, 5.41) is 3.34. The van der Waals surface area contributed by atoms with E-state index in [4.69, 9.17) is 0 Å². The minimum atomic E-state index is -0.256. The smallest absolute Gasteiger partial charge is 0.223 e. The molecule has 1 fully saturated rings. The maximum Gasteiger partial charge on any atom is 0.223 e. The molecule has 5 heteroatoms. The summed E-state index contributed by atoms with van der Waals surface area (Å²) in [6.07, 6.45) is 2.56. The number of hydrogen-bond acceptors (Lipinski definition) is 2. The van der Waals surface area contributed by atoms with Gasteiger partial charge in [0, 0.05) is 25.1 Å². The fraction of sp³-hybridized carbons (Fsp3) is 0.381. The van der Waals surface area contributed by atoms with Gasteiger partial charge in [0.25, 0.3) is 0 Å². The predicted octanol–water partition coefficient (Wildman–Crippen LogP) is 4.17. The van der Waals surface area contributed by atoms with Crippen LogP contribution in [0.15, 0.2) is 54.6 Å². The Morgan fingerprint density at radius 2 is 1.81 bits per heavy atom. The lowest BCUT2D eigenvalue weighted by Crippen LogP contribution is -2.30. The number of nitrogens with zero attached hydrogens (tertiary/aromatic N) is 1. The Morgan fingerprint density at radius 1 is 1.08 bits per heavy atom. The molecule has 1 aliphatic heterocycles. The lowest BCUT2D eigenvalue weighted by molar-refractivity contribution is -0.132. The molecular weight excluding hydrogens is 351 g/mol. The van der Waals surface area contributed by atoms with Crippen LogP contribution in [0.25, 0.3) is 0 Å². The van der Waals surface area contributed by atoms with E-state index >= 15 is 0 Å². The zero-order valence-electron chi connectivity index (χ0n) is 14.9. The van der Waals surface area contributed by atoms with E-state index in [1.807, 2.05) is 36.4 Å². The third-order valence-corrected chi connectivity index (χ3v) is 4.82. The first kappa shape index (κ1) is 20.4. The molecule has 0 aromatic heterocycles. The van der Waals surface area contributed by atoms with Crippen molar-refractivity contribution in [3.05, 3.63) is 71.5 Å². The van der Waals surface area contributed by atoms with Crippen LogP contribution < -0.4 is 5.32 Å². The zero-order chi connectivity index (χ0) is 17.5. The molecule has 3 nitrogen and oxygen atoms in total. The van der Waals surface area contributed by atoms with Gasteiger partial charge in [-0.3, -0.25) is 4.79 Å². The highest BCUT2D eigenvalue weighted by Crippen LogP contribution is 2.18. The maximum absolute atomic E-state index is 14.0. The summed E-state index contributed by atoms with van der Waals surface area (Å²) < 4.78 is 14.0. The topological polar surface area (TPSA) is 32.3 Å². The van der Waals surface area contributed by atoms with Crippen molar-refractivity contribution in [2.24, 2.45) is 5.92 Å². The molecule has 0 spiro atoms. The molecular formula is C21H26ClFN2O. The Kier molecular flexibility index (Phi) is 8.07. The van der Waals surface area contributed by atoms with Gasteiger partial charge in [-0.25, -0.2) is 4.39 Å². The lowest BCUT2D eigenvalue weighted by atomic mass is 10.0. The van der Waals surface area contributed by atoms with Gasteiger partial charge in [-0.1, -0.05) is 48.5 Å². The number of amides is 1. The minimum absolute atomic E-state index is 0. The monoisotopic (exact) mass is 376 g/mol.